The molecule has 0 aromatic heterocycles. The van der Waals surface area contributed by atoms with Crippen molar-refractivity contribution in [2.24, 2.45) is 0 Å². The van der Waals surface area contributed by atoms with Crippen LogP contribution in [0.15, 0.2) is 22.3 Å². The molecule has 0 saturated heterocycles. The Kier molecular flexibility index (Phi) is 2.86. The fourth-order valence-electron chi connectivity index (χ4n) is 1.34. The van der Waals surface area contributed by atoms with Crippen LogP contribution in [0.5, 0.6) is 0 Å². The lowest BCUT2D eigenvalue weighted by Gasteiger charge is -2.25. The van der Waals surface area contributed by atoms with Gasteiger partial charge in [-0.15, -0.1) is 0 Å². The molecular weight excluding hydrogens is 227 g/mol. The molecule has 2 N–H and O–H groups in total. The van der Waals surface area contributed by atoms with Crippen LogP contribution in [0.3, 0.4) is 0 Å². The predicted molar refractivity (Wildman–Crippen MR) is 50.4 cm³/mol. The number of aliphatic carboxylic acids is 2. The molecule has 0 spiro atoms. The number of carbonyl (C=O) groups is 2. The SMILES string of the molecule is CC1=C(Cl)C(F)(C(=O)O)CC(C(=O)O)=C1. The topological polar surface area (TPSA) is 74.6 Å². The van der Waals surface area contributed by atoms with Gasteiger partial charge < -0.3 is 10.2 Å². The first-order chi connectivity index (χ1) is 6.79. The van der Waals surface area contributed by atoms with Gasteiger partial charge >= 0.3 is 11.9 Å². The molecule has 6 heteroatoms. The molecule has 0 aliphatic heterocycles. The molecule has 0 fully saturated rings. The molecule has 0 aromatic rings. The molecule has 1 aliphatic rings. The summed E-state index contributed by atoms with van der Waals surface area (Å²) in [6.07, 6.45) is 0.416. The van der Waals surface area contributed by atoms with Gasteiger partial charge in [-0.3, -0.25) is 0 Å². The number of allylic oxidation sites excluding steroid dienone is 2. The van der Waals surface area contributed by atoms with Crippen LogP contribution in [0.25, 0.3) is 0 Å². The molecule has 0 aromatic carbocycles. The Bertz CT molecular complexity index is 399. The summed E-state index contributed by atoms with van der Waals surface area (Å²) in [5, 5.41) is 16.9. The van der Waals surface area contributed by atoms with Crippen LogP contribution in [0.4, 0.5) is 4.39 Å². The summed E-state index contributed by atoms with van der Waals surface area (Å²) in [7, 11) is 0. The van der Waals surface area contributed by atoms with E-state index in [1.807, 2.05) is 0 Å². The number of hydrogen-bond donors (Lipinski definition) is 2. The fourth-order valence-corrected chi connectivity index (χ4v) is 1.54. The van der Waals surface area contributed by atoms with Crippen molar-refractivity contribution in [2.45, 2.75) is 19.0 Å². The second kappa shape index (κ2) is 3.66. The van der Waals surface area contributed by atoms with Crippen LogP contribution in [-0.4, -0.2) is 27.8 Å². The van der Waals surface area contributed by atoms with Gasteiger partial charge in [-0.25, -0.2) is 14.0 Å². The normalized spacial score (nSPS) is 26.2. The third-order valence-corrected chi connectivity index (χ3v) is 2.73. The molecular formula is C9H8ClFO4. The van der Waals surface area contributed by atoms with Gasteiger partial charge in [-0.1, -0.05) is 11.6 Å². The number of carboxylic acids is 2. The van der Waals surface area contributed by atoms with Crippen LogP contribution in [0.1, 0.15) is 13.3 Å². The molecule has 1 unspecified atom stereocenters. The van der Waals surface area contributed by atoms with Gasteiger partial charge in [-0.05, 0) is 18.6 Å². The van der Waals surface area contributed by atoms with E-state index in [2.05, 4.69) is 0 Å². The summed E-state index contributed by atoms with van der Waals surface area (Å²) < 4.78 is 13.9. The van der Waals surface area contributed by atoms with Crippen LogP contribution in [-0.2, 0) is 9.59 Å². The zero-order chi connectivity index (χ0) is 11.8. The maximum atomic E-state index is 13.9. The summed E-state index contributed by atoms with van der Waals surface area (Å²) in [6.45, 7) is 1.36. The zero-order valence-corrected chi connectivity index (χ0v) is 8.51. The minimum absolute atomic E-state index is 0.116. The number of alkyl halides is 1. The van der Waals surface area contributed by atoms with Gasteiger partial charge in [0.25, 0.3) is 0 Å². The van der Waals surface area contributed by atoms with E-state index in [1.165, 1.54) is 13.0 Å². The minimum atomic E-state index is -2.83. The van der Waals surface area contributed by atoms with E-state index in [-0.39, 0.29) is 11.1 Å². The van der Waals surface area contributed by atoms with E-state index >= 15 is 0 Å². The standard InChI is InChI=1S/C9H8ClFO4/c1-4-2-5(7(12)13)3-9(11,6(4)10)8(14)15/h2H,3H2,1H3,(H,12,13)(H,14,15). The average Bonchev–Trinajstić information content (AvgIpc) is 2.12. The average molecular weight is 235 g/mol. The third kappa shape index (κ3) is 1.87. The highest BCUT2D eigenvalue weighted by atomic mass is 35.5. The van der Waals surface area contributed by atoms with Crippen LogP contribution < -0.4 is 0 Å². The maximum absolute atomic E-state index is 13.9. The lowest BCUT2D eigenvalue weighted by Crippen LogP contribution is -2.37. The second-order valence-corrected chi connectivity index (χ2v) is 3.63. The van der Waals surface area contributed by atoms with Crippen LogP contribution >= 0.6 is 11.6 Å². The van der Waals surface area contributed by atoms with E-state index in [1.54, 1.807) is 0 Å². The van der Waals surface area contributed by atoms with Crippen molar-refractivity contribution in [3.05, 3.63) is 22.3 Å². The summed E-state index contributed by atoms with van der Waals surface area (Å²) in [4.78, 5) is 21.3. The number of rotatable bonds is 2. The summed E-state index contributed by atoms with van der Waals surface area (Å²) in [5.41, 5.74) is -3.01. The Labute approximate surface area is 89.7 Å². The van der Waals surface area contributed by atoms with Gasteiger partial charge in [0.1, 0.15) is 0 Å². The Hall–Kier alpha value is -1.36. The predicted octanol–water partition coefficient (Wildman–Crippen LogP) is 1.71. The Morgan fingerprint density at radius 3 is 2.47 bits per heavy atom. The number of carboxylic acid groups (broad SMARTS) is 2. The number of halogens is 2. The summed E-state index contributed by atoms with van der Waals surface area (Å²) in [6, 6.07) is 0. The molecule has 1 atom stereocenters. The largest absolute Gasteiger partial charge is 0.479 e. The molecule has 0 amide bonds. The zero-order valence-electron chi connectivity index (χ0n) is 7.75. The third-order valence-electron chi connectivity index (χ3n) is 2.13. The van der Waals surface area contributed by atoms with Crippen molar-refractivity contribution < 1.29 is 24.2 Å². The molecule has 1 rings (SSSR count). The molecule has 4 nitrogen and oxygen atoms in total. The van der Waals surface area contributed by atoms with E-state index in [0.717, 1.165) is 0 Å². The molecule has 15 heavy (non-hydrogen) atoms. The number of hydrogen-bond acceptors (Lipinski definition) is 2. The van der Waals surface area contributed by atoms with Gasteiger partial charge in [0, 0.05) is 12.0 Å². The highest BCUT2D eigenvalue weighted by Gasteiger charge is 2.46. The van der Waals surface area contributed by atoms with Crippen molar-refractivity contribution in [3.63, 3.8) is 0 Å². The Morgan fingerprint density at radius 2 is 2.07 bits per heavy atom. The van der Waals surface area contributed by atoms with E-state index < -0.39 is 29.1 Å². The molecule has 0 bridgehead atoms. The van der Waals surface area contributed by atoms with Crippen molar-refractivity contribution >= 4 is 23.5 Å². The van der Waals surface area contributed by atoms with Crippen molar-refractivity contribution in [1.29, 1.82) is 0 Å². The van der Waals surface area contributed by atoms with Crippen molar-refractivity contribution in [2.75, 3.05) is 0 Å². The second-order valence-electron chi connectivity index (χ2n) is 3.25. The first-order valence-corrected chi connectivity index (χ1v) is 4.40. The van der Waals surface area contributed by atoms with Crippen molar-refractivity contribution in [3.8, 4) is 0 Å². The van der Waals surface area contributed by atoms with Gasteiger partial charge in [0.2, 0.25) is 5.67 Å². The molecule has 0 radical (unpaired) electrons. The maximum Gasteiger partial charge on any atom is 0.347 e. The van der Waals surface area contributed by atoms with Gasteiger partial charge in [0.05, 0.1) is 5.03 Å². The smallest absolute Gasteiger partial charge is 0.347 e. The quantitative estimate of drug-likeness (QED) is 0.763. The van der Waals surface area contributed by atoms with Crippen LogP contribution in [0.2, 0.25) is 0 Å². The van der Waals surface area contributed by atoms with Gasteiger partial charge in [0.15, 0.2) is 0 Å². The van der Waals surface area contributed by atoms with Gasteiger partial charge in [-0.2, -0.15) is 0 Å². The monoisotopic (exact) mass is 234 g/mol. The molecule has 0 heterocycles. The van der Waals surface area contributed by atoms with E-state index in [9.17, 15) is 14.0 Å². The van der Waals surface area contributed by atoms with E-state index in [4.69, 9.17) is 21.8 Å². The minimum Gasteiger partial charge on any atom is -0.479 e. The lowest BCUT2D eigenvalue weighted by atomic mass is 9.88. The first-order valence-electron chi connectivity index (χ1n) is 4.02. The first kappa shape index (κ1) is 11.7. The van der Waals surface area contributed by atoms with Crippen molar-refractivity contribution in [1.82, 2.24) is 0 Å². The Balaban J connectivity index is 3.26. The Morgan fingerprint density at radius 1 is 1.53 bits per heavy atom. The fraction of sp³-hybridized carbons (Fsp3) is 0.333. The lowest BCUT2D eigenvalue weighted by molar-refractivity contribution is -0.148. The van der Waals surface area contributed by atoms with E-state index in [0.29, 0.717) is 0 Å². The summed E-state index contributed by atoms with van der Waals surface area (Å²) >= 11 is 5.53. The highest BCUT2D eigenvalue weighted by molar-refractivity contribution is 6.33. The van der Waals surface area contributed by atoms with Crippen LogP contribution in [0, 0.1) is 0 Å². The highest BCUT2D eigenvalue weighted by Crippen LogP contribution is 2.39. The molecule has 1 aliphatic carbocycles. The molecule has 82 valence electrons. The molecule has 0 saturated carbocycles. The summed E-state index contributed by atoms with van der Waals surface area (Å²) in [5.74, 6) is -3.12.